The molecule has 0 heterocycles. The summed E-state index contributed by atoms with van der Waals surface area (Å²) in [6.45, 7) is -0.259. The standard InChI is InChI=1S/C19H24N2O6/c1-26-18(24)17(14-8-5-9-15(22)10-14)21-16(23)11-20-19(25)27-12-13-6-3-2-4-7-13/h2-4,6-7,14,17H,5,8-12H2,1H3,(H,20,25)(H,21,23)/t14-,17-/m1/s1. The number of hydrogen-bond acceptors (Lipinski definition) is 6. The number of carbonyl (C=O) groups is 4. The molecule has 0 unspecified atom stereocenters. The van der Waals surface area contributed by atoms with Gasteiger partial charge in [0.2, 0.25) is 5.91 Å². The van der Waals surface area contributed by atoms with E-state index in [0.29, 0.717) is 19.3 Å². The Bertz CT molecular complexity index is 676. The van der Waals surface area contributed by atoms with Crippen LogP contribution in [0.3, 0.4) is 0 Å². The van der Waals surface area contributed by atoms with E-state index in [-0.39, 0.29) is 31.3 Å². The molecule has 2 N–H and O–H groups in total. The number of nitrogens with one attached hydrogen (secondary N) is 2. The average molecular weight is 376 g/mol. The third kappa shape index (κ3) is 6.73. The second-order valence-corrected chi connectivity index (χ2v) is 6.38. The maximum absolute atomic E-state index is 12.1. The van der Waals surface area contributed by atoms with Gasteiger partial charge in [-0.25, -0.2) is 9.59 Å². The Hall–Kier alpha value is -2.90. The number of ketones is 1. The van der Waals surface area contributed by atoms with Crippen molar-refractivity contribution in [1.82, 2.24) is 10.6 Å². The molecule has 2 rings (SSSR count). The molecule has 27 heavy (non-hydrogen) atoms. The quantitative estimate of drug-likeness (QED) is 0.695. The van der Waals surface area contributed by atoms with E-state index in [2.05, 4.69) is 10.6 Å². The number of Topliss-reactive ketones (excluding diaryl/α,β-unsaturated/α-hetero) is 1. The van der Waals surface area contributed by atoms with Crippen LogP contribution in [0.25, 0.3) is 0 Å². The third-order valence-corrected chi connectivity index (χ3v) is 4.37. The number of methoxy groups -OCH3 is 1. The van der Waals surface area contributed by atoms with Crippen LogP contribution in [0.4, 0.5) is 4.79 Å². The molecule has 0 aromatic heterocycles. The van der Waals surface area contributed by atoms with Crippen molar-refractivity contribution in [3.8, 4) is 0 Å². The second kappa shape index (κ2) is 10.3. The topological polar surface area (TPSA) is 111 Å². The van der Waals surface area contributed by atoms with E-state index >= 15 is 0 Å². The molecule has 0 bridgehead atoms. The molecule has 1 aromatic carbocycles. The molecule has 0 saturated heterocycles. The number of benzene rings is 1. The minimum atomic E-state index is -0.908. The summed E-state index contributed by atoms with van der Waals surface area (Å²) in [4.78, 5) is 47.4. The molecule has 1 aliphatic rings. The summed E-state index contributed by atoms with van der Waals surface area (Å²) in [6.07, 6.45) is 1.31. The molecule has 0 aliphatic heterocycles. The van der Waals surface area contributed by atoms with Crippen LogP contribution < -0.4 is 10.6 Å². The first kappa shape index (κ1) is 20.4. The van der Waals surface area contributed by atoms with Crippen LogP contribution >= 0.6 is 0 Å². The maximum Gasteiger partial charge on any atom is 0.407 e. The minimum Gasteiger partial charge on any atom is -0.467 e. The van der Waals surface area contributed by atoms with Crippen molar-refractivity contribution < 1.29 is 28.7 Å². The molecule has 146 valence electrons. The molecule has 1 saturated carbocycles. The fraction of sp³-hybridized carbons (Fsp3) is 0.474. The molecule has 0 spiro atoms. The molecule has 2 atom stereocenters. The summed E-state index contributed by atoms with van der Waals surface area (Å²) in [5.41, 5.74) is 0.824. The Morgan fingerprint density at radius 3 is 2.63 bits per heavy atom. The van der Waals surface area contributed by atoms with Crippen LogP contribution in [0.15, 0.2) is 30.3 Å². The first-order valence-corrected chi connectivity index (χ1v) is 8.83. The van der Waals surface area contributed by atoms with Crippen molar-refractivity contribution in [2.75, 3.05) is 13.7 Å². The van der Waals surface area contributed by atoms with Gasteiger partial charge >= 0.3 is 12.1 Å². The third-order valence-electron chi connectivity index (χ3n) is 4.37. The highest BCUT2D eigenvalue weighted by atomic mass is 16.5. The van der Waals surface area contributed by atoms with E-state index in [1.54, 1.807) is 0 Å². The zero-order valence-electron chi connectivity index (χ0n) is 15.2. The van der Waals surface area contributed by atoms with Gasteiger partial charge in [-0.15, -0.1) is 0 Å². The van der Waals surface area contributed by atoms with Gasteiger partial charge in [0.25, 0.3) is 0 Å². The zero-order valence-corrected chi connectivity index (χ0v) is 15.2. The molecule has 8 heteroatoms. The predicted octanol–water partition coefficient (Wildman–Crippen LogP) is 1.33. The molecule has 1 aliphatic carbocycles. The number of esters is 1. The van der Waals surface area contributed by atoms with Crippen LogP contribution in [0.2, 0.25) is 0 Å². The van der Waals surface area contributed by atoms with E-state index in [1.807, 2.05) is 30.3 Å². The molecular weight excluding hydrogens is 352 g/mol. The van der Waals surface area contributed by atoms with Crippen molar-refractivity contribution >= 4 is 23.8 Å². The fourth-order valence-corrected chi connectivity index (χ4v) is 2.99. The number of ether oxygens (including phenoxy) is 2. The summed E-state index contributed by atoms with van der Waals surface area (Å²) in [5.74, 6) is -1.39. The van der Waals surface area contributed by atoms with Gasteiger partial charge in [-0.2, -0.15) is 0 Å². The largest absolute Gasteiger partial charge is 0.467 e. The predicted molar refractivity (Wildman–Crippen MR) is 95.5 cm³/mol. The Morgan fingerprint density at radius 1 is 1.22 bits per heavy atom. The smallest absolute Gasteiger partial charge is 0.407 e. The Labute approximate surface area is 157 Å². The number of carbonyl (C=O) groups excluding carboxylic acids is 4. The lowest BCUT2D eigenvalue weighted by atomic mass is 9.83. The summed E-state index contributed by atoms with van der Waals surface area (Å²) in [5, 5.41) is 4.89. The van der Waals surface area contributed by atoms with Crippen LogP contribution in [0, 0.1) is 5.92 Å². The number of amides is 2. The second-order valence-electron chi connectivity index (χ2n) is 6.38. The van der Waals surface area contributed by atoms with Gasteiger partial charge in [0.05, 0.1) is 7.11 Å². The molecular formula is C19H24N2O6. The lowest BCUT2D eigenvalue weighted by molar-refractivity contribution is -0.147. The van der Waals surface area contributed by atoms with Crippen molar-refractivity contribution in [2.24, 2.45) is 5.92 Å². The zero-order chi connectivity index (χ0) is 19.6. The lowest BCUT2D eigenvalue weighted by Gasteiger charge is -2.28. The van der Waals surface area contributed by atoms with Gasteiger partial charge in [0, 0.05) is 12.8 Å². The Kier molecular flexibility index (Phi) is 7.79. The maximum atomic E-state index is 12.1. The van der Waals surface area contributed by atoms with E-state index < -0.39 is 24.0 Å². The summed E-state index contributed by atoms with van der Waals surface area (Å²) in [7, 11) is 1.23. The van der Waals surface area contributed by atoms with Crippen molar-refractivity contribution in [3.05, 3.63) is 35.9 Å². The molecule has 1 fully saturated rings. The number of hydrogen-bond donors (Lipinski definition) is 2. The van der Waals surface area contributed by atoms with Crippen molar-refractivity contribution in [3.63, 3.8) is 0 Å². The minimum absolute atomic E-state index is 0.0667. The lowest BCUT2D eigenvalue weighted by Crippen LogP contribution is -2.50. The first-order valence-electron chi connectivity index (χ1n) is 8.83. The number of alkyl carbamates (subject to hydrolysis) is 1. The van der Waals surface area contributed by atoms with Gasteiger partial charge in [-0.3, -0.25) is 9.59 Å². The SMILES string of the molecule is COC(=O)[C@H](NC(=O)CNC(=O)OCc1ccccc1)[C@@H]1CCCC(=O)C1. The summed E-state index contributed by atoms with van der Waals surface area (Å²) < 4.78 is 9.75. The van der Waals surface area contributed by atoms with Crippen molar-refractivity contribution in [1.29, 1.82) is 0 Å². The van der Waals surface area contributed by atoms with Crippen LogP contribution in [0.5, 0.6) is 0 Å². The Balaban J connectivity index is 1.79. The van der Waals surface area contributed by atoms with Crippen molar-refractivity contribution in [2.45, 2.75) is 38.3 Å². The van der Waals surface area contributed by atoms with E-state index in [0.717, 1.165) is 5.56 Å². The summed E-state index contributed by atoms with van der Waals surface area (Å²) >= 11 is 0. The highest BCUT2D eigenvalue weighted by Crippen LogP contribution is 2.25. The van der Waals surface area contributed by atoms with E-state index in [4.69, 9.17) is 9.47 Å². The average Bonchev–Trinajstić information content (AvgIpc) is 2.69. The first-order chi connectivity index (χ1) is 13.0. The Morgan fingerprint density at radius 2 is 1.96 bits per heavy atom. The van der Waals surface area contributed by atoms with E-state index in [1.165, 1.54) is 7.11 Å². The van der Waals surface area contributed by atoms with Gasteiger partial charge in [0.1, 0.15) is 25.0 Å². The molecule has 1 aromatic rings. The highest BCUT2D eigenvalue weighted by molar-refractivity contribution is 5.88. The molecule has 2 amide bonds. The monoisotopic (exact) mass is 376 g/mol. The fourth-order valence-electron chi connectivity index (χ4n) is 2.99. The number of rotatable bonds is 7. The normalized spacial score (nSPS) is 17.5. The van der Waals surface area contributed by atoms with Crippen LogP contribution in [-0.2, 0) is 30.5 Å². The van der Waals surface area contributed by atoms with E-state index in [9.17, 15) is 19.2 Å². The van der Waals surface area contributed by atoms with Gasteiger partial charge in [-0.05, 0) is 24.3 Å². The van der Waals surface area contributed by atoms with Gasteiger partial charge in [0.15, 0.2) is 0 Å². The van der Waals surface area contributed by atoms with Gasteiger partial charge < -0.3 is 20.1 Å². The van der Waals surface area contributed by atoms with Crippen LogP contribution in [0.1, 0.15) is 31.2 Å². The molecule has 8 nitrogen and oxygen atoms in total. The molecule has 0 radical (unpaired) electrons. The van der Waals surface area contributed by atoms with Crippen LogP contribution in [-0.4, -0.2) is 43.4 Å². The van der Waals surface area contributed by atoms with Gasteiger partial charge in [-0.1, -0.05) is 30.3 Å². The summed E-state index contributed by atoms with van der Waals surface area (Å²) in [6, 6.07) is 8.22. The highest BCUT2D eigenvalue weighted by Gasteiger charge is 2.34.